The van der Waals surface area contributed by atoms with E-state index in [4.69, 9.17) is 14.5 Å². The van der Waals surface area contributed by atoms with Crippen molar-refractivity contribution in [2.24, 2.45) is 0 Å². The zero-order chi connectivity index (χ0) is 29.2. The van der Waals surface area contributed by atoms with Crippen molar-refractivity contribution in [2.45, 2.75) is 70.6 Å². The molecule has 0 bridgehead atoms. The first kappa shape index (κ1) is 30.3. The molecule has 1 aliphatic rings. The maximum atomic E-state index is 14.2. The number of anilines is 1. The van der Waals surface area contributed by atoms with E-state index in [9.17, 15) is 8.42 Å². The maximum absolute atomic E-state index is 14.2. The number of aromatic nitrogens is 1. The van der Waals surface area contributed by atoms with Crippen LogP contribution in [0.5, 0.6) is 11.5 Å². The van der Waals surface area contributed by atoms with Crippen LogP contribution in [-0.2, 0) is 16.4 Å². The van der Waals surface area contributed by atoms with Gasteiger partial charge in [-0.15, -0.1) is 11.3 Å². The summed E-state index contributed by atoms with van der Waals surface area (Å²) >= 11 is 1.60. The Labute approximate surface area is 244 Å². The summed E-state index contributed by atoms with van der Waals surface area (Å²) < 4.78 is 40.9. The molecule has 9 heteroatoms. The lowest BCUT2D eigenvalue weighted by atomic mass is 9.89. The maximum Gasteiger partial charge on any atom is 0.243 e. The van der Waals surface area contributed by atoms with Crippen molar-refractivity contribution in [3.8, 4) is 11.5 Å². The number of ether oxygens (including phenoxy) is 2. The van der Waals surface area contributed by atoms with Gasteiger partial charge in [-0.3, -0.25) is 0 Å². The van der Waals surface area contributed by atoms with Crippen LogP contribution >= 0.6 is 11.3 Å². The van der Waals surface area contributed by atoms with E-state index in [1.54, 1.807) is 29.9 Å². The molecule has 0 N–H and O–H groups in total. The Morgan fingerprint density at radius 3 is 2.02 bits per heavy atom. The Hall–Kier alpha value is -2.62. The Kier molecular flexibility index (Phi) is 9.47. The third kappa shape index (κ3) is 6.31. The monoisotopic (exact) mass is 585 g/mol. The van der Waals surface area contributed by atoms with Crippen LogP contribution in [0, 0.1) is 0 Å². The van der Waals surface area contributed by atoms with Gasteiger partial charge in [-0.05, 0) is 52.6 Å². The molecular weight excluding hydrogens is 542 g/mol. The zero-order valence-electron chi connectivity index (χ0n) is 25.0. The molecule has 1 saturated heterocycles. The summed E-state index contributed by atoms with van der Waals surface area (Å²) in [6, 6.07) is 9.99. The predicted octanol–water partition coefficient (Wildman–Crippen LogP) is 6.63. The van der Waals surface area contributed by atoms with Crippen molar-refractivity contribution in [1.82, 2.24) is 9.29 Å². The molecule has 1 aliphatic heterocycles. The number of benzene rings is 2. The number of nitrogens with zero attached hydrogens (tertiary/aromatic N) is 3. The molecule has 0 aliphatic carbocycles. The molecule has 1 fully saturated rings. The van der Waals surface area contributed by atoms with E-state index in [0.717, 1.165) is 39.0 Å². The summed E-state index contributed by atoms with van der Waals surface area (Å²) in [7, 11) is -0.329. The third-order valence-electron chi connectivity index (χ3n) is 7.59. The zero-order valence-corrected chi connectivity index (χ0v) is 26.7. The van der Waals surface area contributed by atoms with E-state index in [1.807, 2.05) is 18.2 Å². The molecule has 4 rings (SSSR count). The van der Waals surface area contributed by atoms with Crippen molar-refractivity contribution < 1.29 is 17.9 Å². The summed E-state index contributed by atoms with van der Waals surface area (Å²) in [4.78, 5) is 7.59. The number of rotatable bonds is 10. The molecule has 3 aromatic rings. The summed E-state index contributed by atoms with van der Waals surface area (Å²) in [5.74, 6) is 2.14. The molecule has 0 unspecified atom stereocenters. The SMILES string of the molecule is COc1ccc(OC)c(Cc2csc(N3CCN(S(=O)(=O)c4c(C(C)C)cc(C(C)C)cc4C(C)C)CC3)n2)c1. The fourth-order valence-corrected chi connectivity index (χ4v) is 8.14. The Morgan fingerprint density at radius 2 is 1.50 bits per heavy atom. The van der Waals surface area contributed by atoms with Crippen molar-refractivity contribution >= 4 is 26.5 Å². The summed E-state index contributed by atoms with van der Waals surface area (Å²) in [5, 5.41) is 2.98. The quantitative estimate of drug-likeness (QED) is 0.266. The minimum atomic E-state index is -3.65. The highest BCUT2D eigenvalue weighted by atomic mass is 32.2. The molecule has 0 amide bonds. The Balaban J connectivity index is 1.53. The van der Waals surface area contributed by atoms with Crippen LogP contribution in [0.4, 0.5) is 5.13 Å². The van der Waals surface area contributed by atoms with E-state index >= 15 is 0 Å². The van der Waals surface area contributed by atoms with Crippen LogP contribution in [0.25, 0.3) is 0 Å². The Morgan fingerprint density at radius 1 is 0.875 bits per heavy atom. The highest BCUT2D eigenvalue weighted by molar-refractivity contribution is 7.89. The molecular formula is C31H43N3O4S2. The second-order valence-electron chi connectivity index (χ2n) is 11.4. The summed E-state index contributed by atoms with van der Waals surface area (Å²) in [5.41, 5.74) is 5.02. The van der Waals surface area contributed by atoms with Gasteiger partial charge in [-0.1, -0.05) is 53.7 Å². The van der Waals surface area contributed by atoms with Crippen LogP contribution in [0.1, 0.15) is 87.2 Å². The molecule has 0 radical (unpaired) electrons. The van der Waals surface area contributed by atoms with Gasteiger partial charge in [0.15, 0.2) is 5.13 Å². The molecule has 0 atom stereocenters. The molecule has 40 heavy (non-hydrogen) atoms. The predicted molar refractivity (Wildman–Crippen MR) is 164 cm³/mol. The number of sulfonamides is 1. The first-order chi connectivity index (χ1) is 19.0. The van der Waals surface area contributed by atoms with E-state index in [0.29, 0.717) is 43.4 Å². The molecule has 1 aromatic heterocycles. The first-order valence-electron chi connectivity index (χ1n) is 14.0. The highest BCUT2D eigenvalue weighted by Crippen LogP contribution is 2.37. The number of piperazine rings is 1. The fourth-order valence-electron chi connectivity index (χ4n) is 5.17. The van der Waals surface area contributed by atoms with E-state index in [1.165, 1.54) is 5.56 Å². The smallest absolute Gasteiger partial charge is 0.243 e. The second kappa shape index (κ2) is 12.5. The van der Waals surface area contributed by atoms with Crippen molar-refractivity contribution in [1.29, 1.82) is 0 Å². The molecule has 0 spiro atoms. The lowest BCUT2D eigenvalue weighted by Crippen LogP contribution is -2.49. The molecule has 2 aromatic carbocycles. The molecule has 218 valence electrons. The average molecular weight is 586 g/mol. The van der Waals surface area contributed by atoms with Crippen molar-refractivity contribution in [2.75, 3.05) is 45.3 Å². The Bertz CT molecular complexity index is 1390. The number of hydrogen-bond acceptors (Lipinski definition) is 7. The minimum absolute atomic E-state index is 0.110. The molecule has 0 saturated carbocycles. The van der Waals surface area contributed by atoms with Gasteiger partial charge in [-0.2, -0.15) is 4.31 Å². The number of hydrogen-bond donors (Lipinski definition) is 0. The van der Waals surface area contributed by atoms with Gasteiger partial charge >= 0.3 is 0 Å². The average Bonchev–Trinajstić information content (AvgIpc) is 3.40. The third-order valence-corrected chi connectivity index (χ3v) is 10.6. The van der Waals surface area contributed by atoms with Gasteiger partial charge in [0.2, 0.25) is 10.0 Å². The van der Waals surface area contributed by atoms with Gasteiger partial charge in [-0.25, -0.2) is 13.4 Å². The van der Waals surface area contributed by atoms with Crippen molar-refractivity contribution in [3.63, 3.8) is 0 Å². The normalized spacial score (nSPS) is 14.9. The van der Waals surface area contributed by atoms with Crippen LogP contribution < -0.4 is 14.4 Å². The lowest BCUT2D eigenvalue weighted by molar-refractivity contribution is 0.383. The van der Waals surface area contributed by atoms with E-state index < -0.39 is 10.0 Å². The fraction of sp³-hybridized carbons (Fsp3) is 0.516. The van der Waals surface area contributed by atoms with Gasteiger partial charge < -0.3 is 14.4 Å². The second-order valence-corrected chi connectivity index (χ2v) is 14.1. The van der Waals surface area contributed by atoms with Crippen LogP contribution in [0.3, 0.4) is 0 Å². The van der Waals surface area contributed by atoms with Crippen LogP contribution in [0.15, 0.2) is 40.6 Å². The molecule has 2 heterocycles. The van der Waals surface area contributed by atoms with Gasteiger partial charge in [0, 0.05) is 43.5 Å². The highest BCUT2D eigenvalue weighted by Gasteiger charge is 2.34. The lowest BCUT2D eigenvalue weighted by Gasteiger charge is -2.35. The molecule has 7 nitrogen and oxygen atoms in total. The van der Waals surface area contributed by atoms with Crippen LogP contribution in [0.2, 0.25) is 0 Å². The number of methoxy groups -OCH3 is 2. The standard InChI is InChI=1S/C31H43N3O4S2/c1-20(2)23-17-27(21(3)4)30(28(18-23)22(5)6)40(35,36)34-13-11-33(12-14-34)31-32-25(19-39-31)15-24-16-26(37-7)9-10-29(24)38-8/h9-10,16-22H,11-15H2,1-8H3. The topological polar surface area (TPSA) is 72.0 Å². The summed E-state index contributed by atoms with van der Waals surface area (Å²) in [6.45, 7) is 14.7. The first-order valence-corrected chi connectivity index (χ1v) is 16.4. The van der Waals surface area contributed by atoms with E-state index in [-0.39, 0.29) is 11.8 Å². The van der Waals surface area contributed by atoms with Gasteiger partial charge in [0.1, 0.15) is 11.5 Å². The largest absolute Gasteiger partial charge is 0.497 e. The number of thiazole rings is 1. The summed E-state index contributed by atoms with van der Waals surface area (Å²) in [6.07, 6.45) is 0.632. The minimum Gasteiger partial charge on any atom is -0.497 e. The van der Waals surface area contributed by atoms with Gasteiger partial charge in [0.25, 0.3) is 0 Å². The van der Waals surface area contributed by atoms with Crippen molar-refractivity contribution in [3.05, 3.63) is 63.7 Å². The van der Waals surface area contributed by atoms with Gasteiger partial charge in [0.05, 0.1) is 24.8 Å². The van der Waals surface area contributed by atoms with E-state index in [2.05, 4.69) is 64.0 Å². The van der Waals surface area contributed by atoms with Crippen LogP contribution in [-0.4, -0.2) is 58.1 Å².